The third-order valence-corrected chi connectivity index (χ3v) is 5.20. The summed E-state index contributed by atoms with van der Waals surface area (Å²) in [6.45, 7) is 7.13. The molecular formula is C24H23F2NO3. The van der Waals surface area contributed by atoms with Gasteiger partial charge in [0, 0.05) is 24.1 Å². The molecule has 156 valence electrons. The summed E-state index contributed by atoms with van der Waals surface area (Å²) in [6, 6.07) is 10.7. The van der Waals surface area contributed by atoms with Crippen molar-refractivity contribution in [1.29, 1.82) is 0 Å². The van der Waals surface area contributed by atoms with Crippen LogP contribution in [0, 0.1) is 18.6 Å². The lowest BCUT2D eigenvalue weighted by molar-refractivity contribution is -0.139. The Morgan fingerprint density at radius 1 is 1.20 bits per heavy atom. The number of amides is 1. The summed E-state index contributed by atoms with van der Waals surface area (Å²) in [4.78, 5) is 27.3. The highest BCUT2D eigenvalue weighted by atomic mass is 19.1. The molecule has 1 heterocycles. The third kappa shape index (κ3) is 4.48. The molecule has 6 heteroatoms. The summed E-state index contributed by atoms with van der Waals surface area (Å²) in [5.74, 6) is -2.68. The molecule has 1 atom stereocenters. The molecule has 30 heavy (non-hydrogen) atoms. The fourth-order valence-corrected chi connectivity index (χ4v) is 3.81. The minimum Gasteiger partial charge on any atom is -0.458 e. The number of carbonyl (C=O) groups is 2. The van der Waals surface area contributed by atoms with Gasteiger partial charge in [0.25, 0.3) is 0 Å². The molecule has 0 saturated carbocycles. The molecular weight excluding hydrogens is 388 g/mol. The van der Waals surface area contributed by atoms with Gasteiger partial charge in [0.1, 0.15) is 18.2 Å². The molecule has 2 aromatic carbocycles. The Bertz CT molecular complexity index is 1010. The summed E-state index contributed by atoms with van der Waals surface area (Å²) >= 11 is 0. The number of halogens is 2. The first-order valence-electron chi connectivity index (χ1n) is 9.61. The molecule has 0 spiro atoms. The smallest absolute Gasteiger partial charge is 0.336 e. The minimum atomic E-state index is -0.723. The van der Waals surface area contributed by atoms with Gasteiger partial charge in [-0.3, -0.25) is 4.79 Å². The summed E-state index contributed by atoms with van der Waals surface area (Å²) in [5.41, 5.74) is 2.90. The molecule has 1 unspecified atom stereocenters. The van der Waals surface area contributed by atoms with Crippen LogP contribution in [0.5, 0.6) is 0 Å². The predicted octanol–water partition coefficient (Wildman–Crippen LogP) is 4.79. The van der Waals surface area contributed by atoms with Gasteiger partial charge in [-0.1, -0.05) is 36.9 Å². The van der Waals surface area contributed by atoms with E-state index in [9.17, 15) is 18.4 Å². The molecule has 0 fully saturated rings. The van der Waals surface area contributed by atoms with Gasteiger partial charge in [0.2, 0.25) is 5.91 Å². The van der Waals surface area contributed by atoms with Crippen molar-refractivity contribution < 1.29 is 23.1 Å². The molecule has 0 aromatic heterocycles. The number of allylic oxidation sites excluding steroid dienone is 1. The van der Waals surface area contributed by atoms with E-state index in [0.717, 1.165) is 17.2 Å². The average Bonchev–Trinajstić information content (AvgIpc) is 2.68. The lowest BCUT2D eigenvalue weighted by Gasteiger charge is -2.35. The van der Waals surface area contributed by atoms with Crippen molar-refractivity contribution in [2.45, 2.75) is 32.7 Å². The van der Waals surface area contributed by atoms with Crippen LogP contribution in [0.15, 0.2) is 66.4 Å². The normalized spacial score (nSPS) is 16.6. The summed E-state index contributed by atoms with van der Waals surface area (Å²) in [6.07, 6.45) is 1.52. The van der Waals surface area contributed by atoms with Gasteiger partial charge >= 0.3 is 5.97 Å². The Balaban J connectivity index is 2.06. The number of esters is 1. The SMILES string of the molecule is C=CCOC(=O)C1=C(C)N(Cc2cc(F)cc(F)c2)C(=O)CC1c1ccccc1C. The molecule has 1 amide bonds. The van der Waals surface area contributed by atoms with E-state index in [2.05, 4.69) is 6.58 Å². The van der Waals surface area contributed by atoms with E-state index in [1.165, 1.54) is 23.1 Å². The molecule has 1 aliphatic rings. The Hall–Kier alpha value is -3.28. The lowest BCUT2D eigenvalue weighted by atomic mass is 9.81. The quantitative estimate of drug-likeness (QED) is 0.507. The molecule has 4 nitrogen and oxygen atoms in total. The third-order valence-electron chi connectivity index (χ3n) is 5.20. The minimum absolute atomic E-state index is 0.0408. The Morgan fingerprint density at radius 2 is 1.87 bits per heavy atom. The van der Waals surface area contributed by atoms with Crippen molar-refractivity contribution in [3.63, 3.8) is 0 Å². The number of rotatable bonds is 6. The maximum atomic E-state index is 13.6. The highest BCUT2D eigenvalue weighted by Crippen LogP contribution is 2.38. The van der Waals surface area contributed by atoms with Gasteiger partial charge in [0.05, 0.1) is 12.1 Å². The lowest BCUT2D eigenvalue weighted by Crippen LogP contribution is -2.38. The van der Waals surface area contributed by atoms with Gasteiger partial charge in [-0.2, -0.15) is 0 Å². The van der Waals surface area contributed by atoms with E-state index in [0.29, 0.717) is 16.8 Å². The molecule has 2 aromatic rings. The van der Waals surface area contributed by atoms with E-state index < -0.39 is 23.5 Å². The molecule has 0 saturated heterocycles. The van der Waals surface area contributed by atoms with Crippen molar-refractivity contribution in [3.8, 4) is 0 Å². The van der Waals surface area contributed by atoms with Crippen molar-refractivity contribution in [3.05, 3.63) is 94.7 Å². The number of benzene rings is 2. The summed E-state index contributed by atoms with van der Waals surface area (Å²) in [5, 5.41) is 0. The second-order valence-corrected chi connectivity index (χ2v) is 7.26. The van der Waals surface area contributed by atoms with Crippen LogP contribution in [0.25, 0.3) is 0 Å². The predicted molar refractivity (Wildman–Crippen MR) is 109 cm³/mol. The van der Waals surface area contributed by atoms with Gasteiger partial charge in [-0.25, -0.2) is 13.6 Å². The zero-order valence-electron chi connectivity index (χ0n) is 17.0. The zero-order chi connectivity index (χ0) is 21.8. The van der Waals surface area contributed by atoms with Crippen LogP contribution in [0.2, 0.25) is 0 Å². The molecule has 0 bridgehead atoms. The maximum Gasteiger partial charge on any atom is 0.336 e. The first-order chi connectivity index (χ1) is 14.3. The van der Waals surface area contributed by atoms with Crippen molar-refractivity contribution in [2.75, 3.05) is 6.61 Å². The fourth-order valence-electron chi connectivity index (χ4n) is 3.81. The van der Waals surface area contributed by atoms with Crippen LogP contribution in [0.3, 0.4) is 0 Å². The number of hydrogen-bond acceptors (Lipinski definition) is 3. The van der Waals surface area contributed by atoms with E-state index in [-0.39, 0.29) is 25.5 Å². The van der Waals surface area contributed by atoms with Gasteiger partial charge in [0.15, 0.2) is 0 Å². The molecule has 0 N–H and O–H groups in total. The van der Waals surface area contributed by atoms with Crippen LogP contribution in [-0.2, 0) is 20.9 Å². The first kappa shape index (κ1) is 21.4. The number of ether oxygens (including phenoxy) is 1. The fraction of sp³-hybridized carbons (Fsp3) is 0.250. The van der Waals surface area contributed by atoms with E-state index in [4.69, 9.17) is 4.74 Å². The van der Waals surface area contributed by atoms with Gasteiger partial charge < -0.3 is 9.64 Å². The monoisotopic (exact) mass is 411 g/mol. The Labute approximate surface area is 174 Å². The molecule has 3 rings (SSSR count). The van der Waals surface area contributed by atoms with E-state index in [1.807, 2.05) is 31.2 Å². The van der Waals surface area contributed by atoms with Crippen molar-refractivity contribution >= 4 is 11.9 Å². The molecule has 1 aliphatic heterocycles. The van der Waals surface area contributed by atoms with Crippen LogP contribution in [-0.4, -0.2) is 23.4 Å². The Kier molecular flexibility index (Phi) is 6.45. The second kappa shape index (κ2) is 9.03. The first-order valence-corrected chi connectivity index (χ1v) is 9.61. The van der Waals surface area contributed by atoms with Gasteiger partial charge in [-0.15, -0.1) is 0 Å². The largest absolute Gasteiger partial charge is 0.458 e. The Morgan fingerprint density at radius 3 is 2.50 bits per heavy atom. The molecule has 0 aliphatic carbocycles. The van der Waals surface area contributed by atoms with Gasteiger partial charge in [-0.05, 0) is 42.7 Å². The van der Waals surface area contributed by atoms with Crippen LogP contribution in [0.1, 0.15) is 36.0 Å². The van der Waals surface area contributed by atoms with Crippen molar-refractivity contribution in [1.82, 2.24) is 4.90 Å². The van der Waals surface area contributed by atoms with Crippen LogP contribution < -0.4 is 0 Å². The average molecular weight is 411 g/mol. The topological polar surface area (TPSA) is 46.6 Å². The zero-order valence-corrected chi connectivity index (χ0v) is 17.0. The summed E-state index contributed by atoms with van der Waals surface area (Å²) in [7, 11) is 0. The molecule has 0 radical (unpaired) electrons. The van der Waals surface area contributed by atoms with Crippen LogP contribution in [0.4, 0.5) is 8.78 Å². The maximum absolute atomic E-state index is 13.6. The van der Waals surface area contributed by atoms with E-state index >= 15 is 0 Å². The number of nitrogens with zero attached hydrogens (tertiary/aromatic N) is 1. The number of hydrogen-bond donors (Lipinski definition) is 0. The number of carbonyl (C=O) groups excluding carboxylic acids is 2. The summed E-state index contributed by atoms with van der Waals surface area (Å²) < 4.78 is 32.5. The number of aryl methyl sites for hydroxylation is 1. The standard InChI is InChI=1S/C24H23F2NO3/c1-4-9-30-24(29)23-16(3)27(14-17-10-18(25)12-19(26)11-17)22(28)13-21(23)20-8-6-5-7-15(20)2/h4-8,10-12,21H,1,9,13-14H2,2-3H3. The van der Waals surface area contributed by atoms with E-state index in [1.54, 1.807) is 6.92 Å². The highest BCUT2D eigenvalue weighted by molar-refractivity contribution is 5.96. The highest BCUT2D eigenvalue weighted by Gasteiger charge is 2.37. The second-order valence-electron chi connectivity index (χ2n) is 7.26. The van der Waals surface area contributed by atoms with Crippen molar-refractivity contribution in [2.24, 2.45) is 0 Å². The van der Waals surface area contributed by atoms with Crippen LogP contribution >= 0.6 is 0 Å².